The van der Waals surface area contributed by atoms with Crippen molar-refractivity contribution in [1.82, 2.24) is 5.43 Å². The quantitative estimate of drug-likeness (QED) is 0.447. The van der Waals surface area contributed by atoms with Gasteiger partial charge in [-0.15, -0.1) is 0 Å². The van der Waals surface area contributed by atoms with Gasteiger partial charge in [0.15, 0.2) is 0 Å². The lowest BCUT2D eigenvalue weighted by atomic mass is 9.90. The summed E-state index contributed by atoms with van der Waals surface area (Å²) in [5.74, 6) is 1.48. The molecule has 0 spiro atoms. The maximum absolute atomic E-state index is 12.4. The minimum absolute atomic E-state index is 0.0111. The SMILES string of the molecule is CCOC(=O)c1ccc(-c2ccc(/C=N\NC(=O)[C@@H]3[C@H]4CCCC[C@]43C)o2)cc1. The molecular weight excluding hydrogens is 368 g/mol. The number of carbonyl (C=O) groups excluding carboxylic acids is 2. The molecule has 3 atom stereocenters. The van der Waals surface area contributed by atoms with Gasteiger partial charge in [0, 0.05) is 11.5 Å². The second kappa shape index (κ2) is 7.85. The molecule has 152 valence electrons. The van der Waals surface area contributed by atoms with Crippen LogP contribution >= 0.6 is 0 Å². The van der Waals surface area contributed by atoms with Crippen LogP contribution in [0.2, 0.25) is 0 Å². The van der Waals surface area contributed by atoms with Crippen molar-refractivity contribution in [2.24, 2.45) is 22.4 Å². The predicted molar refractivity (Wildman–Crippen MR) is 109 cm³/mol. The number of hydrogen-bond acceptors (Lipinski definition) is 5. The Morgan fingerprint density at radius 3 is 2.72 bits per heavy atom. The highest BCUT2D eigenvalue weighted by molar-refractivity contribution is 5.90. The Morgan fingerprint density at radius 1 is 1.24 bits per heavy atom. The van der Waals surface area contributed by atoms with Crippen molar-refractivity contribution >= 4 is 18.1 Å². The smallest absolute Gasteiger partial charge is 0.338 e. The standard InChI is InChI=1S/C23H26N2O4/c1-3-28-22(27)16-9-7-15(8-10-16)19-12-11-17(29-19)14-24-25-21(26)20-18-6-4-5-13-23(18,20)2/h7-12,14,18,20H,3-6,13H2,1-2H3,(H,25,26)/b24-14-/t18-,20+,23-/m1/s1. The van der Waals surface area contributed by atoms with Gasteiger partial charge in [-0.2, -0.15) is 5.10 Å². The summed E-state index contributed by atoms with van der Waals surface area (Å²) < 4.78 is 10.8. The number of nitrogens with one attached hydrogen (secondary N) is 1. The van der Waals surface area contributed by atoms with Crippen molar-refractivity contribution in [2.45, 2.75) is 39.5 Å². The van der Waals surface area contributed by atoms with E-state index in [0.717, 1.165) is 18.4 Å². The molecule has 1 aromatic heterocycles. The highest BCUT2D eigenvalue weighted by Gasteiger charge is 2.64. The van der Waals surface area contributed by atoms with Crippen molar-refractivity contribution in [1.29, 1.82) is 0 Å². The van der Waals surface area contributed by atoms with E-state index in [2.05, 4.69) is 17.5 Å². The molecule has 1 N–H and O–H groups in total. The fourth-order valence-electron chi connectivity index (χ4n) is 4.64. The van der Waals surface area contributed by atoms with Gasteiger partial charge in [-0.05, 0) is 55.4 Å². The zero-order valence-corrected chi connectivity index (χ0v) is 16.8. The van der Waals surface area contributed by atoms with Gasteiger partial charge in [0.05, 0.1) is 18.4 Å². The number of furan rings is 1. The highest BCUT2D eigenvalue weighted by atomic mass is 16.5. The van der Waals surface area contributed by atoms with E-state index in [1.807, 2.05) is 18.2 Å². The number of hydrogen-bond donors (Lipinski definition) is 1. The molecular formula is C23H26N2O4. The molecule has 2 aromatic rings. The second-order valence-electron chi connectivity index (χ2n) is 8.07. The van der Waals surface area contributed by atoms with Crippen LogP contribution in [0.4, 0.5) is 0 Å². The Hall–Kier alpha value is -2.89. The average Bonchev–Trinajstić information content (AvgIpc) is 3.09. The Bertz CT molecular complexity index is 931. The molecule has 6 nitrogen and oxygen atoms in total. The molecule has 29 heavy (non-hydrogen) atoms. The molecule has 6 heteroatoms. The topological polar surface area (TPSA) is 80.9 Å². The summed E-state index contributed by atoms with van der Waals surface area (Å²) in [4.78, 5) is 24.2. The van der Waals surface area contributed by atoms with Gasteiger partial charge in [-0.25, -0.2) is 10.2 Å². The molecule has 1 amide bonds. The summed E-state index contributed by atoms with van der Waals surface area (Å²) in [5, 5.41) is 4.08. The van der Waals surface area contributed by atoms with Gasteiger partial charge in [0.2, 0.25) is 5.91 Å². The summed E-state index contributed by atoms with van der Waals surface area (Å²) in [6, 6.07) is 10.7. The number of nitrogens with zero attached hydrogens (tertiary/aromatic N) is 1. The van der Waals surface area contributed by atoms with E-state index in [1.54, 1.807) is 25.1 Å². The van der Waals surface area contributed by atoms with Crippen molar-refractivity contribution in [3.63, 3.8) is 0 Å². The monoisotopic (exact) mass is 394 g/mol. The first-order chi connectivity index (χ1) is 14.0. The van der Waals surface area contributed by atoms with E-state index in [4.69, 9.17) is 9.15 Å². The number of ether oxygens (including phenoxy) is 1. The minimum atomic E-state index is -0.341. The Kier molecular flexibility index (Phi) is 5.26. The number of benzene rings is 1. The minimum Gasteiger partial charge on any atom is -0.462 e. The molecule has 0 bridgehead atoms. The number of amides is 1. The molecule has 2 aliphatic carbocycles. The number of hydrazone groups is 1. The Labute approximate surface area is 170 Å². The fourth-order valence-corrected chi connectivity index (χ4v) is 4.64. The molecule has 0 radical (unpaired) electrons. The van der Waals surface area contributed by atoms with Crippen LogP contribution in [-0.2, 0) is 9.53 Å². The van der Waals surface area contributed by atoms with E-state index in [9.17, 15) is 9.59 Å². The van der Waals surface area contributed by atoms with E-state index in [0.29, 0.717) is 29.6 Å². The largest absolute Gasteiger partial charge is 0.462 e. The van der Waals surface area contributed by atoms with Crippen LogP contribution in [0.1, 0.15) is 55.6 Å². The summed E-state index contributed by atoms with van der Waals surface area (Å²) >= 11 is 0. The molecule has 2 saturated carbocycles. The summed E-state index contributed by atoms with van der Waals surface area (Å²) in [6.45, 7) is 4.34. The van der Waals surface area contributed by atoms with Crippen molar-refractivity contribution in [3.8, 4) is 11.3 Å². The van der Waals surface area contributed by atoms with Gasteiger partial charge in [-0.3, -0.25) is 4.79 Å². The average molecular weight is 394 g/mol. The lowest BCUT2D eigenvalue weighted by Gasteiger charge is -2.15. The van der Waals surface area contributed by atoms with E-state index >= 15 is 0 Å². The van der Waals surface area contributed by atoms with Crippen molar-refractivity contribution < 1.29 is 18.7 Å². The first kappa shape index (κ1) is 19.4. The third-order valence-electron chi connectivity index (χ3n) is 6.29. The molecule has 0 unspecified atom stereocenters. The number of rotatable bonds is 6. The first-order valence-electron chi connectivity index (χ1n) is 10.2. The van der Waals surface area contributed by atoms with Crippen LogP contribution in [0, 0.1) is 17.3 Å². The van der Waals surface area contributed by atoms with Gasteiger partial charge >= 0.3 is 5.97 Å². The molecule has 2 aliphatic rings. The highest BCUT2D eigenvalue weighted by Crippen LogP contribution is 2.66. The van der Waals surface area contributed by atoms with Crippen LogP contribution in [-0.4, -0.2) is 24.7 Å². The van der Waals surface area contributed by atoms with E-state index in [1.165, 1.54) is 19.1 Å². The van der Waals surface area contributed by atoms with Gasteiger partial charge in [0.25, 0.3) is 0 Å². The van der Waals surface area contributed by atoms with Gasteiger partial charge < -0.3 is 9.15 Å². The second-order valence-corrected chi connectivity index (χ2v) is 8.07. The summed E-state index contributed by atoms with van der Waals surface area (Å²) in [7, 11) is 0. The van der Waals surface area contributed by atoms with Gasteiger partial charge in [-0.1, -0.05) is 31.9 Å². The third kappa shape index (κ3) is 3.84. The maximum Gasteiger partial charge on any atom is 0.338 e. The number of esters is 1. The van der Waals surface area contributed by atoms with E-state index in [-0.39, 0.29) is 23.2 Å². The van der Waals surface area contributed by atoms with Crippen molar-refractivity contribution in [2.75, 3.05) is 6.61 Å². The first-order valence-corrected chi connectivity index (χ1v) is 10.2. The molecule has 2 fully saturated rings. The lowest BCUT2D eigenvalue weighted by molar-refractivity contribution is -0.123. The van der Waals surface area contributed by atoms with Crippen molar-refractivity contribution in [3.05, 3.63) is 47.7 Å². The van der Waals surface area contributed by atoms with Crippen LogP contribution < -0.4 is 5.43 Å². The van der Waals surface area contributed by atoms with E-state index < -0.39 is 0 Å². The molecule has 1 heterocycles. The maximum atomic E-state index is 12.4. The van der Waals surface area contributed by atoms with Crippen LogP contribution in [0.25, 0.3) is 11.3 Å². The number of fused-ring (bicyclic) bond motifs is 1. The normalized spacial score (nSPS) is 25.4. The van der Waals surface area contributed by atoms with Crippen LogP contribution in [0.5, 0.6) is 0 Å². The predicted octanol–water partition coefficient (Wildman–Crippen LogP) is 4.40. The molecule has 1 aromatic carbocycles. The summed E-state index contributed by atoms with van der Waals surface area (Å²) in [6.07, 6.45) is 6.24. The molecule has 0 saturated heterocycles. The summed E-state index contributed by atoms with van der Waals surface area (Å²) in [5.41, 5.74) is 4.19. The van der Waals surface area contributed by atoms with Gasteiger partial charge in [0.1, 0.15) is 11.5 Å². The Morgan fingerprint density at radius 2 is 2.03 bits per heavy atom. The fraction of sp³-hybridized carbons (Fsp3) is 0.435. The zero-order valence-electron chi connectivity index (χ0n) is 16.8. The Balaban J connectivity index is 1.34. The lowest BCUT2D eigenvalue weighted by Crippen LogP contribution is -2.22. The van der Waals surface area contributed by atoms with Crippen LogP contribution in [0.15, 0.2) is 45.9 Å². The molecule has 4 rings (SSSR count). The number of carbonyl (C=O) groups is 2. The third-order valence-corrected chi connectivity index (χ3v) is 6.29. The zero-order chi connectivity index (χ0) is 20.4. The molecule has 0 aliphatic heterocycles. The van der Waals surface area contributed by atoms with Crippen LogP contribution in [0.3, 0.4) is 0 Å².